The molecule has 2 N–H and O–H groups in total. The lowest BCUT2D eigenvalue weighted by Crippen LogP contribution is -2.34. The minimum Gasteiger partial charge on any atom is -0.445 e. The average molecular weight is 298 g/mol. The first-order valence-corrected chi connectivity index (χ1v) is 7.06. The second-order valence-corrected chi connectivity index (χ2v) is 5.26. The summed E-state index contributed by atoms with van der Waals surface area (Å²) in [6.45, 7) is 0.328. The second-order valence-electron chi connectivity index (χ2n) is 5.26. The molecule has 0 bridgehead atoms. The zero-order chi connectivity index (χ0) is 15.3. The number of benzene rings is 1. The molecule has 116 valence electrons. The highest BCUT2D eigenvalue weighted by atomic mass is 19.3. The zero-order valence-electron chi connectivity index (χ0n) is 11.8. The van der Waals surface area contributed by atoms with Crippen LogP contribution in [0.25, 0.3) is 0 Å². The fraction of sp³-hybridized carbons (Fsp3) is 0.533. The second kappa shape index (κ2) is 6.85. The zero-order valence-corrected chi connectivity index (χ0v) is 11.8. The van der Waals surface area contributed by atoms with Crippen LogP contribution in [0.4, 0.5) is 13.6 Å². The maximum Gasteiger partial charge on any atom is 0.410 e. The third-order valence-electron chi connectivity index (χ3n) is 3.81. The number of nitrogens with two attached hydrogens (primary N) is 1. The predicted octanol–water partition coefficient (Wildman–Crippen LogP) is 2.63. The van der Waals surface area contributed by atoms with Crippen LogP contribution in [0.15, 0.2) is 30.3 Å². The van der Waals surface area contributed by atoms with Crippen molar-refractivity contribution in [3.63, 3.8) is 0 Å². The van der Waals surface area contributed by atoms with Gasteiger partial charge in [0.1, 0.15) is 6.61 Å². The van der Waals surface area contributed by atoms with Gasteiger partial charge in [-0.15, -0.1) is 0 Å². The molecule has 0 saturated carbocycles. The highest BCUT2D eigenvalue weighted by molar-refractivity contribution is 5.67. The minimum absolute atomic E-state index is 0.00285. The number of ether oxygens (including phenoxy) is 1. The average Bonchev–Trinajstić information content (AvgIpc) is 2.64. The molecule has 6 heteroatoms. The van der Waals surface area contributed by atoms with E-state index in [0.717, 1.165) is 5.56 Å². The van der Waals surface area contributed by atoms with Crippen LogP contribution in [0.1, 0.15) is 18.4 Å². The fourth-order valence-electron chi connectivity index (χ4n) is 2.41. The summed E-state index contributed by atoms with van der Waals surface area (Å²) in [7, 11) is 0. The van der Waals surface area contributed by atoms with E-state index in [1.54, 1.807) is 0 Å². The van der Waals surface area contributed by atoms with E-state index in [4.69, 9.17) is 10.5 Å². The number of rotatable bonds is 3. The summed E-state index contributed by atoms with van der Waals surface area (Å²) >= 11 is 0. The molecule has 1 amide bonds. The lowest BCUT2D eigenvalue weighted by molar-refractivity contribution is -0.0576. The Balaban J connectivity index is 1.88. The van der Waals surface area contributed by atoms with Gasteiger partial charge in [-0.3, -0.25) is 0 Å². The number of amides is 1. The van der Waals surface area contributed by atoms with Crippen LogP contribution in [0.2, 0.25) is 0 Å². The molecule has 4 nitrogen and oxygen atoms in total. The standard InChI is InChI=1S/C15H20F2N2O2/c16-15(17)7-9-19(8-6-13(15)10-18)14(20)21-11-12-4-2-1-3-5-12/h1-5,13H,6-11,18H2. The van der Waals surface area contributed by atoms with E-state index in [9.17, 15) is 13.6 Å². The van der Waals surface area contributed by atoms with E-state index < -0.39 is 17.9 Å². The van der Waals surface area contributed by atoms with Gasteiger partial charge in [0.2, 0.25) is 0 Å². The lowest BCUT2D eigenvalue weighted by Gasteiger charge is -2.22. The molecule has 1 atom stereocenters. The number of hydrogen-bond donors (Lipinski definition) is 1. The van der Waals surface area contributed by atoms with Gasteiger partial charge in [-0.2, -0.15) is 0 Å². The summed E-state index contributed by atoms with van der Waals surface area (Å²) in [5.41, 5.74) is 6.26. The van der Waals surface area contributed by atoms with E-state index in [1.165, 1.54) is 4.90 Å². The third-order valence-corrected chi connectivity index (χ3v) is 3.81. The number of likely N-dealkylation sites (tertiary alicyclic amines) is 1. The van der Waals surface area contributed by atoms with Crippen LogP contribution in [-0.4, -0.2) is 36.5 Å². The molecule has 0 aromatic heterocycles. The molecular formula is C15H20F2N2O2. The molecule has 1 aromatic rings. The van der Waals surface area contributed by atoms with Crippen LogP contribution in [0, 0.1) is 5.92 Å². The maximum absolute atomic E-state index is 13.8. The highest BCUT2D eigenvalue weighted by Crippen LogP contribution is 2.33. The van der Waals surface area contributed by atoms with Crippen molar-refractivity contribution in [2.45, 2.75) is 25.4 Å². The van der Waals surface area contributed by atoms with E-state index in [1.807, 2.05) is 30.3 Å². The summed E-state index contributed by atoms with van der Waals surface area (Å²) in [6, 6.07) is 9.25. The smallest absolute Gasteiger partial charge is 0.410 e. The van der Waals surface area contributed by atoms with Crippen LogP contribution in [-0.2, 0) is 11.3 Å². The Kier molecular flexibility index (Phi) is 5.12. The number of alkyl halides is 2. The Labute approximate surface area is 122 Å². The van der Waals surface area contributed by atoms with Gasteiger partial charge in [-0.05, 0) is 12.0 Å². The van der Waals surface area contributed by atoms with Crippen LogP contribution in [0.3, 0.4) is 0 Å². The van der Waals surface area contributed by atoms with Crippen molar-refractivity contribution in [1.82, 2.24) is 4.90 Å². The molecular weight excluding hydrogens is 278 g/mol. The number of carbonyl (C=O) groups excluding carboxylic acids is 1. The predicted molar refractivity (Wildman–Crippen MR) is 74.9 cm³/mol. The Morgan fingerprint density at radius 1 is 1.33 bits per heavy atom. The van der Waals surface area contributed by atoms with Crippen LogP contribution in [0.5, 0.6) is 0 Å². The molecule has 1 fully saturated rings. The number of hydrogen-bond acceptors (Lipinski definition) is 3. The topological polar surface area (TPSA) is 55.6 Å². The first-order chi connectivity index (χ1) is 10.0. The fourth-order valence-corrected chi connectivity index (χ4v) is 2.41. The lowest BCUT2D eigenvalue weighted by atomic mass is 9.97. The van der Waals surface area contributed by atoms with E-state index in [-0.39, 0.29) is 39.1 Å². The van der Waals surface area contributed by atoms with Gasteiger partial charge in [0.05, 0.1) is 0 Å². The summed E-state index contributed by atoms with van der Waals surface area (Å²) < 4.78 is 32.7. The first-order valence-electron chi connectivity index (χ1n) is 7.06. The molecule has 0 spiro atoms. The van der Waals surface area contributed by atoms with Gasteiger partial charge in [0.25, 0.3) is 5.92 Å². The molecule has 1 saturated heterocycles. The van der Waals surface area contributed by atoms with E-state index in [2.05, 4.69) is 0 Å². The molecule has 1 aliphatic rings. The molecule has 1 heterocycles. The van der Waals surface area contributed by atoms with Crippen molar-refractivity contribution >= 4 is 6.09 Å². The monoisotopic (exact) mass is 298 g/mol. The molecule has 2 rings (SSSR count). The summed E-state index contributed by atoms with van der Waals surface area (Å²) in [4.78, 5) is 13.3. The van der Waals surface area contributed by atoms with E-state index in [0.29, 0.717) is 0 Å². The van der Waals surface area contributed by atoms with Gasteiger partial charge in [0.15, 0.2) is 0 Å². The minimum atomic E-state index is -2.82. The molecule has 1 aromatic carbocycles. The van der Waals surface area contributed by atoms with Crippen molar-refractivity contribution in [3.05, 3.63) is 35.9 Å². The molecule has 1 unspecified atom stereocenters. The first kappa shape index (κ1) is 15.7. The van der Waals surface area contributed by atoms with Crippen molar-refractivity contribution in [2.75, 3.05) is 19.6 Å². The Bertz CT molecular complexity index is 468. The third kappa shape index (κ3) is 4.14. The van der Waals surface area contributed by atoms with Crippen LogP contribution < -0.4 is 5.73 Å². The van der Waals surface area contributed by atoms with Gasteiger partial charge in [0, 0.05) is 32.0 Å². The van der Waals surface area contributed by atoms with Crippen molar-refractivity contribution in [2.24, 2.45) is 11.7 Å². The molecule has 1 aliphatic heterocycles. The van der Waals surface area contributed by atoms with Crippen molar-refractivity contribution < 1.29 is 18.3 Å². The van der Waals surface area contributed by atoms with Gasteiger partial charge in [-0.25, -0.2) is 13.6 Å². The highest BCUT2D eigenvalue weighted by Gasteiger charge is 2.41. The number of carbonyl (C=O) groups is 1. The van der Waals surface area contributed by atoms with Crippen molar-refractivity contribution in [3.8, 4) is 0 Å². The van der Waals surface area contributed by atoms with Gasteiger partial charge >= 0.3 is 6.09 Å². The Morgan fingerprint density at radius 2 is 2.05 bits per heavy atom. The Morgan fingerprint density at radius 3 is 2.71 bits per heavy atom. The SMILES string of the molecule is NCC1CCN(C(=O)OCc2ccccc2)CCC1(F)F. The van der Waals surface area contributed by atoms with Gasteiger partial charge in [-0.1, -0.05) is 30.3 Å². The summed E-state index contributed by atoms with van der Waals surface area (Å²) in [5.74, 6) is -3.69. The normalized spacial score (nSPS) is 21.7. The molecule has 21 heavy (non-hydrogen) atoms. The number of halogens is 2. The molecule has 0 aliphatic carbocycles. The van der Waals surface area contributed by atoms with Crippen LogP contribution >= 0.6 is 0 Å². The van der Waals surface area contributed by atoms with E-state index >= 15 is 0 Å². The largest absolute Gasteiger partial charge is 0.445 e. The van der Waals surface area contributed by atoms with Gasteiger partial charge < -0.3 is 15.4 Å². The quantitative estimate of drug-likeness (QED) is 0.933. The maximum atomic E-state index is 13.8. The summed E-state index contributed by atoms with van der Waals surface area (Å²) in [5, 5.41) is 0. The van der Waals surface area contributed by atoms with Crippen molar-refractivity contribution in [1.29, 1.82) is 0 Å². The summed E-state index contributed by atoms with van der Waals surface area (Å²) in [6.07, 6.45) is -0.716. The Hall–Kier alpha value is -1.69. The number of nitrogens with zero attached hydrogens (tertiary/aromatic N) is 1. The molecule has 0 radical (unpaired) electrons.